The molecular weight excluding hydrogens is 427 g/mol. The van der Waals surface area contributed by atoms with E-state index in [1.54, 1.807) is 29.2 Å². The fourth-order valence-electron chi connectivity index (χ4n) is 2.19. The molecule has 2 N–H and O–H groups in total. The molecule has 1 heterocycles. The molecule has 0 aliphatic carbocycles. The SMILES string of the molecule is Fc1cccc(Cl)c1Cn1cc(NC(=S)Nc2ccc(Br)cc2)cn1. The lowest BCUT2D eigenvalue weighted by Crippen LogP contribution is -2.18. The van der Waals surface area contributed by atoms with E-state index in [1.807, 2.05) is 24.3 Å². The van der Waals surface area contributed by atoms with Crippen LogP contribution < -0.4 is 10.6 Å². The Kier molecular flexibility index (Phi) is 5.67. The second-order valence-corrected chi connectivity index (χ2v) is 6.94. The first-order valence-corrected chi connectivity index (χ1v) is 8.88. The number of benzene rings is 2. The van der Waals surface area contributed by atoms with Gasteiger partial charge in [0.05, 0.1) is 18.4 Å². The van der Waals surface area contributed by atoms with E-state index in [9.17, 15) is 4.39 Å². The Morgan fingerprint density at radius 3 is 2.60 bits per heavy atom. The van der Waals surface area contributed by atoms with Crippen molar-refractivity contribution in [1.29, 1.82) is 0 Å². The van der Waals surface area contributed by atoms with Gasteiger partial charge in [-0.2, -0.15) is 5.10 Å². The molecule has 2 aromatic carbocycles. The third-order valence-electron chi connectivity index (χ3n) is 3.38. The third kappa shape index (κ3) is 4.78. The molecule has 128 valence electrons. The number of nitrogens with zero attached hydrogens (tertiary/aromatic N) is 2. The van der Waals surface area contributed by atoms with Gasteiger partial charge in [0, 0.05) is 26.9 Å². The van der Waals surface area contributed by atoms with Gasteiger partial charge in [0.25, 0.3) is 0 Å². The van der Waals surface area contributed by atoms with Gasteiger partial charge in [-0.05, 0) is 48.6 Å². The lowest BCUT2D eigenvalue weighted by molar-refractivity contribution is 0.585. The number of aromatic nitrogens is 2. The lowest BCUT2D eigenvalue weighted by atomic mass is 10.2. The highest BCUT2D eigenvalue weighted by molar-refractivity contribution is 9.10. The first kappa shape index (κ1) is 17.8. The molecule has 4 nitrogen and oxygen atoms in total. The molecule has 0 unspecified atom stereocenters. The van der Waals surface area contributed by atoms with E-state index in [-0.39, 0.29) is 12.4 Å². The van der Waals surface area contributed by atoms with Crippen molar-refractivity contribution in [3.63, 3.8) is 0 Å². The van der Waals surface area contributed by atoms with Crippen LogP contribution in [0.3, 0.4) is 0 Å². The molecule has 0 spiro atoms. The fraction of sp³-hybridized carbons (Fsp3) is 0.0588. The van der Waals surface area contributed by atoms with Gasteiger partial charge in [0.1, 0.15) is 5.82 Å². The van der Waals surface area contributed by atoms with Crippen LogP contribution in [0.1, 0.15) is 5.56 Å². The number of rotatable bonds is 4. The van der Waals surface area contributed by atoms with Crippen LogP contribution >= 0.6 is 39.7 Å². The number of hydrogen-bond acceptors (Lipinski definition) is 2. The summed E-state index contributed by atoms with van der Waals surface area (Å²) in [5, 5.41) is 11.1. The Morgan fingerprint density at radius 2 is 1.88 bits per heavy atom. The zero-order valence-corrected chi connectivity index (χ0v) is 16.0. The molecule has 0 radical (unpaired) electrons. The molecule has 3 aromatic rings. The molecule has 0 saturated heterocycles. The number of hydrogen-bond donors (Lipinski definition) is 2. The first-order valence-electron chi connectivity index (χ1n) is 7.30. The highest BCUT2D eigenvalue weighted by atomic mass is 79.9. The quantitative estimate of drug-likeness (QED) is 0.542. The summed E-state index contributed by atoms with van der Waals surface area (Å²) in [7, 11) is 0. The van der Waals surface area contributed by atoms with Crippen molar-refractivity contribution in [1.82, 2.24) is 9.78 Å². The van der Waals surface area contributed by atoms with Crippen molar-refractivity contribution < 1.29 is 4.39 Å². The molecule has 25 heavy (non-hydrogen) atoms. The Hall–Kier alpha value is -1.96. The maximum absolute atomic E-state index is 13.8. The smallest absolute Gasteiger partial charge is 0.175 e. The fourth-order valence-corrected chi connectivity index (χ4v) is 2.91. The van der Waals surface area contributed by atoms with Gasteiger partial charge < -0.3 is 10.6 Å². The van der Waals surface area contributed by atoms with Gasteiger partial charge in [-0.15, -0.1) is 0 Å². The Balaban J connectivity index is 1.63. The molecule has 0 bridgehead atoms. The largest absolute Gasteiger partial charge is 0.332 e. The van der Waals surface area contributed by atoms with Crippen molar-refractivity contribution in [3.05, 3.63) is 75.7 Å². The molecule has 0 aliphatic rings. The van der Waals surface area contributed by atoms with Crippen LogP contribution in [-0.4, -0.2) is 14.9 Å². The Morgan fingerprint density at radius 1 is 1.16 bits per heavy atom. The number of nitrogens with one attached hydrogen (secondary N) is 2. The first-order chi connectivity index (χ1) is 12.0. The van der Waals surface area contributed by atoms with Crippen molar-refractivity contribution in [2.75, 3.05) is 10.6 Å². The number of thiocarbonyl (C=S) groups is 1. The molecule has 1 aromatic heterocycles. The summed E-state index contributed by atoms with van der Waals surface area (Å²) >= 11 is 14.7. The maximum atomic E-state index is 13.8. The van der Waals surface area contributed by atoms with Gasteiger partial charge in [-0.3, -0.25) is 4.68 Å². The Labute approximate surface area is 163 Å². The summed E-state index contributed by atoms with van der Waals surface area (Å²) in [6.07, 6.45) is 3.35. The molecule has 3 rings (SSSR count). The van der Waals surface area contributed by atoms with Crippen molar-refractivity contribution >= 4 is 56.2 Å². The van der Waals surface area contributed by atoms with E-state index >= 15 is 0 Å². The van der Waals surface area contributed by atoms with Crippen LogP contribution in [0.25, 0.3) is 0 Å². The van der Waals surface area contributed by atoms with Crippen LogP contribution in [0.2, 0.25) is 5.02 Å². The van der Waals surface area contributed by atoms with Crippen molar-refractivity contribution in [2.45, 2.75) is 6.54 Å². The van der Waals surface area contributed by atoms with Crippen LogP contribution in [0, 0.1) is 5.82 Å². The molecule has 0 fully saturated rings. The van der Waals surface area contributed by atoms with Crippen LogP contribution in [0.4, 0.5) is 15.8 Å². The predicted molar refractivity (Wildman–Crippen MR) is 107 cm³/mol. The van der Waals surface area contributed by atoms with E-state index < -0.39 is 0 Å². The normalized spacial score (nSPS) is 10.5. The second kappa shape index (κ2) is 7.95. The van der Waals surface area contributed by atoms with Crippen molar-refractivity contribution in [2.24, 2.45) is 0 Å². The molecular formula is C17H13BrClFN4S. The van der Waals surface area contributed by atoms with Gasteiger partial charge >= 0.3 is 0 Å². The summed E-state index contributed by atoms with van der Waals surface area (Å²) in [6, 6.07) is 12.2. The predicted octanol–water partition coefficient (Wildman–Crippen LogP) is 5.30. The molecule has 0 aliphatic heterocycles. The Bertz CT molecular complexity index is 878. The van der Waals surface area contributed by atoms with E-state index in [2.05, 4.69) is 31.7 Å². The monoisotopic (exact) mass is 438 g/mol. The van der Waals surface area contributed by atoms with Crippen LogP contribution in [-0.2, 0) is 6.54 Å². The van der Waals surface area contributed by atoms with E-state index in [0.717, 1.165) is 10.2 Å². The average Bonchev–Trinajstić information content (AvgIpc) is 3.00. The zero-order chi connectivity index (χ0) is 17.8. The summed E-state index contributed by atoms with van der Waals surface area (Å²) in [5.41, 5.74) is 1.96. The second-order valence-electron chi connectivity index (χ2n) is 5.21. The highest BCUT2D eigenvalue weighted by Gasteiger charge is 2.09. The minimum absolute atomic E-state index is 0.236. The molecule has 0 amide bonds. The summed E-state index contributed by atoms with van der Waals surface area (Å²) in [6.45, 7) is 0.236. The van der Waals surface area contributed by atoms with Gasteiger partial charge in [-0.1, -0.05) is 33.6 Å². The maximum Gasteiger partial charge on any atom is 0.175 e. The lowest BCUT2D eigenvalue weighted by Gasteiger charge is -2.09. The molecule has 0 saturated carbocycles. The number of halogens is 3. The molecule has 8 heteroatoms. The minimum atomic E-state index is -0.357. The summed E-state index contributed by atoms with van der Waals surface area (Å²) < 4.78 is 16.4. The van der Waals surface area contributed by atoms with E-state index in [0.29, 0.717) is 21.4 Å². The number of anilines is 2. The highest BCUT2D eigenvalue weighted by Crippen LogP contribution is 2.20. The topological polar surface area (TPSA) is 41.9 Å². The van der Waals surface area contributed by atoms with Gasteiger partial charge in [-0.25, -0.2) is 4.39 Å². The van der Waals surface area contributed by atoms with Gasteiger partial charge in [0.2, 0.25) is 0 Å². The van der Waals surface area contributed by atoms with Gasteiger partial charge in [0.15, 0.2) is 5.11 Å². The van der Waals surface area contributed by atoms with E-state index in [4.69, 9.17) is 23.8 Å². The van der Waals surface area contributed by atoms with E-state index in [1.165, 1.54) is 6.07 Å². The summed E-state index contributed by atoms with van der Waals surface area (Å²) in [5.74, 6) is -0.357. The summed E-state index contributed by atoms with van der Waals surface area (Å²) in [4.78, 5) is 0. The third-order valence-corrected chi connectivity index (χ3v) is 4.46. The van der Waals surface area contributed by atoms with Crippen LogP contribution in [0.5, 0.6) is 0 Å². The zero-order valence-electron chi connectivity index (χ0n) is 12.8. The minimum Gasteiger partial charge on any atom is -0.332 e. The molecule has 0 atom stereocenters. The van der Waals surface area contributed by atoms with Crippen LogP contribution in [0.15, 0.2) is 59.3 Å². The van der Waals surface area contributed by atoms with Crippen molar-refractivity contribution in [3.8, 4) is 0 Å². The standard InChI is InChI=1S/C17H13BrClFN4S/c18-11-4-6-12(7-5-11)22-17(25)23-13-8-21-24(9-13)10-14-15(19)2-1-3-16(14)20/h1-9H,10H2,(H2,22,23,25). The average molecular weight is 440 g/mol.